The van der Waals surface area contributed by atoms with Crippen molar-refractivity contribution in [3.8, 4) is 44.9 Å². The van der Waals surface area contributed by atoms with Crippen LogP contribution in [0.3, 0.4) is 0 Å². The summed E-state index contributed by atoms with van der Waals surface area (Å²) in [6.45, 7) is 9.47. The molecular weight excluding hydrogens is 693 g/mol. The van der Waals surface area contributed by atoms with Crippen LogP contribution in [0.1, 0.15) is 49.9 Å². The molecule has 0 fully saturated rings. The van der Waals surface area contributed by atoms with Crippen molar-refractivity contribution in [3.05, 3.63) is 204 Å². The summed E-state index contributed by atoms with van der Waals surface area (Å²) in [6.07, 6.45) is 0. The first-order valence-electron chi connectivity index (χ1n) is 19.9. The highest BCUT2D eigenvalue weighted by molar-refractivity contribution is 5.98. The Hall–Kier alpha value is -6.84. The molecule has 0 spiro atoms. The van der Waals surface area contributed by atoms with E-state index in [-0.39, 0.29) is 10.8 Å². The van der Waals surface area contributed by atoms with E-state index in [2.05, 4.69) is 219 Å². The fourth-order valence-electron chi connectivity index (χ4n) is 9.81. The van der Waals surface area contributed by atoms with Crippen molar-refractivity contribution in [1.29, 1.82) is 0 Å². The third-order valence-electron chi connectivity index (χ3n) is 12.6. The summed E-state index contributed by atoms with van der Waals surface area (Å²) in [7, 11) is 0. The van der Waals surface area contributed by atoms with Gasteiger partial charge in [-0.15, -0.1) is 0 Å². The van der Waals surface area contributed by atoms with Gasteiger partial charge >= 0.3 is 0 Å². The molecule has 0 atom stereocenters. The van der Waals surface area contributed by atoms with Crippen molar-refractivity contribution in [3.63, 3.8) is 0 Å². The quantitative estimate of drug-likeness (QED) is 0.175. The lowest BCUT2D eigenvalue weighted by Gasteiger charge is -2.46. The van der Waals surface area contributed by atoms with Gasteiger partial charge in [-0.05, 0) is 104 Å². The van der Waals surface area contributed by atoms with Gasteiger partial charge in [-0.25, -0.2) is 0 Å². The summed E-state index contributed by atoms with van der Waals surface area (Å²) in [4.78, 5) is 4.85. The molecule has 1 aliphatic carbocycles. The third-order valence-corrected chi connectivity index (χ3v) is 12.6. The Kier molecular flexibility index (Phi) is 7.25. The molecule has 0 saturated carbocycles. The molecule has 0 radical (unpaired) electrons. The van der Waals surface area contributed by atoms with E-state index in [0.717, 1.165) is 39.9 Å². The van der Waals surface area contributed by atoms with Crippen LogP contribution in [0.15, 0.2) is 182 Å². The molecule has 57 heavy (non-hydrogen) atoms. The largest absolute Gasteiger partial charge is 0.453 e. The molecule has 274 valence electrons. The maximum absolute atomic E-state index is 6.95. The van der Waals surface area contributed by atoms with Crippen molar-refractivity contribution in [2.45, 2.75) is 38.5 Å². The summed E-state index contributed by atoms with van der Waals surface area (Å²) >= 11 is 0. The molecule has 8 aromatic carbocycles. The molecule has 0 unspecified atom stereocenters. The van der Waals surface area contributed by atoms with Crippen molar-refractivity contribution in [2.24, 2.45) is 0 Å². The standard InChI is InChI=1S/C54H42N2O/c1-53(2)44-22-12-11-20-42(44)43-31-30-39(32-45(43)53)55(38-18-9-6-10-19-38)40-33-46-52-50(34-40)57-49-25-14-13-23-47(49)56(52)48-24-15-21-41(51(48)54(46,3)4)37-28-26-36(27-29-37)35-16-7-5-8-17-35/h5-34H,1-4H3. The van der Waals surface area contributed by atoms with Crippen LogP contribution in [0.5, 0.6) is 11.5 Å². The average molecular weight is 735 g/mol. The van der Waals surface area contributed by atoms with Crippen LogP contribution in [0.2, 0.25) is 0 Å². The van der Waals surface area contributed by atoms with Crippen molar-refractivity contribution >= 4 is 34.1 Å². The molecule has 11 rings (SSSR count). The Labute approximate surface area is 335 Å². The van der Waals surface area contributed by atoms with Crippen LogP contribution in [0.4, 0.5) is 34.1 Å². The summed E-state index contributed by atoms with van der Waals surface area (Å²) in [5, 5.41) is 0. The molecule has 3 heteroatoms. The van der Waals surface area contributed by atoms with Gasteiger partial charge in [0.25, 0.3) is 0 Å². The number of hydrogen-bond acceptors (Lipinski definition) is 3. The zero-order chi connectivity index (χ0) is 38.5. The van der Waals surface area contributed by atoms with E-state index in [1.807, 2.05) is 0 Å². The Morgan fingerprint density at radius 2 is 1.02 bits per heavy atom. The van der Waals surface area contributed by atoms with Crippen LogP contribution in [0.25, 0.3) is 33.4 Å². The number of benzene rings is 8. The lowest BCUT2D eigenvalue weighted by molar-refractivity contribution is 0.471. The number of nitrogens with zero attached hydrogens (tertiary/aromatic N) is 2. The fraction of sp³-hybridized carbons (Fsp3) is 0.111. The first kappa shape index (κ1) is 33.5. The minimum atomic E-state index is -0.389. The predicted octanol–water partition coefficient (Wildman–Crippen LogP) is 15.0. The molecule has 2 aliphatic heterocycles. The van der Waals surface area contributed by atoms with E-state index in [4.69, 9.17) is 4.74 Å². The van der Waals surface area contributed by atoms with Crippen LogP contribution < -0.4 is 14.5 Å². The second-order valence-corrected chi connectivity index (χ2v) is 16.6. The smallest absolute Gasteiger partial charge is 0.153 e. The minimum Gasteiger partial charge on any atom is -0.453 e. The van der Waals surface area contributed by atoms with E-state index in [1.54, 1.807) is 0 Å². The Bertz CT molecular complexity index is 2870. The second kappa shape index (κ2) is 12.3. The zero-order valence-corrected chi connectivity index (χ0v) is 32.6. The van der Waals surface area contributed by atoms with Crippen molar-refractivity contribution in [1.82, 2.24) is 0 Å². The van der Waals surface area contributed by atoms with E-state index in [1.165, 1.54) is 61.3 Å². The first-order chi connectivity index (χ1) is 27.8. The Balaban J connectivity index is 1.12. The van der Waals surface area contributed by atoms with Crippen molar-refractivity contribution < 1.29 is 4.74 Å². The number of fused-ring (bicyclic) bond motifs is 7. The SMILES string of the molecule is CC1(C)c2ccccc2-c2ccc(N(c3ccccc3)c3cc4c5c(c3)C(C)(C)c3c(-c6ccc(-c7ccccc7)cc6)cccc3N5c3ccccc3O4)cc21. The molecule has 8 aromatic rings. The van der Waals surface area contributed by atoms with Crippen LogP contribution >= 0.6 is 0 Å². The zero-order valence-electron chi connectivity index (χ0n) is 32.6. The molecule has 0 amide bonds. The van der Waals surface area contributed by atoms with Crippen LogP contribution in [0, 0.1) is 0 Å². The normalized spacial score (nSPS) is 14.7. The van der Waals surface area contributed by atoms with Gasteiger partial charge in [0.05, 0.1) is 22.7 Å². The number of rotatable bonds is 5. The number of anilines is 6. The topological polar surface area (TPSA) is 15.7 Å². The van der Waals surface area contributed by atoms with Gasteiger partial charge < -0.3 is 14.5 Å². The van der Waals surface area contributed by atoms with Gasteiger partial charge in [-0.2, -0.15) is 0 Å². The van der Waals surface area contributed by atoms with Gasteiger partial charge in [0.15, 0.2) is 11.5 Å². The average Bonchev–Trinajstić information content (AvgIpc) is 3.48. The maximum Gasteiger partial charge on any atom is 0.153 e. The first-order valence-corrected chi connectivity index (χ1v) is 19.9. The highest BCUT2D eigenvalue weighted by Crippen LogP contribution is 2.62. The Morgan fingerprint density at radius 3 is 1.82 bits per heavy atom. The monoisotopic (exact) mass is 734 g/mol. The molecule has 0 N–H and O–H groups in total. The third kappa shape index (κ3) is 4.98. The van der Waals surface area contributed by atoms with Gasteiger partial charge in [0.2, 0.25) is 0 Å². The number of hydrogen-bond donors (Lipinski definition) is 0. The molecule has 0 aromatic heterocycles. The number of ether oxygens (including phenoxy) is 1. The molecule has 3 nitrogen and oxygen atoms in total. The van der Waals surface area contributed by atoms with Gasteiger partial charge in [-0.3, -0.25) is 0 Å². The van der Waals surface area contributed by atoms with Crippen LogP contribution in [-0.2, 0) is 10.8 Å². The molecule has 3 aliphatic rings. The summed E-state index contributed by atoms with van der Waals surface area (Å²) in [5.41, 5.74) is 18.8. The van der Waals surface area contributed by atoms with Gasteiger partial charge in [0, 0.05) is 28.3 Å². The summed E-state index contributed by atoms with van der Waals surface area (Å²) < 4.78 is 6.95. The molecular formula is C54H42N2O. The highest BCUT2D eigenvalue weighted by Gasteiger charge is 2.44. The summed E-state index contributed by atoms with van der Waals surface area (Å²) in [6, 6.07) is 66.2. The Morgan fingerprint density at radius 1 is 0.404 bits per heavy atom. The molecule has 0 bridgehead atoms. The summed E-state index contributed by atoms with van der Waals surface area (Å²) in [5.74, 6) is 1.70. The fourth-order valence-corrected chi connectivity index (χ4v) is 9.81. The predicted molar refractivity (Wildman–Crippen MR) is 236 cm³/mol. The van der Waals surface area contributed by atoms with E-state index >= 15 is 0 Å². The lowest BCUT2D eigenvalue weighted by Crippen LogP contribution is -2.33. The van der Waals surface area contributed by atoms with Crippen LogP contribution in [-0.4, -0.2) is 0 Å². The molecule has 2 heterocycles. The van der Waals surface area contributed by atoms with E-state index in [9.17, 15) is 0 Å². The minimum absolute atomic E-state index is 0.124. The molecule has 0 saturated heterocycles. The van der Waals surface area contributed by atoms with E-state index in [0.29, 0.717) is 0 Å². The second-order valence-electron chi connectivity index (χ2n) is 16.6. The van der Waals surface area contributed by atoms with Gasteiger partial charge in [0.1, 0.15) is 0 Å². The maximum atomic E-state index is 6.95. The highest BCUT2D eigenvalue weighted by atomic mass is 16.5. The van der Waals surface area contributed by atoms with Crippen molar-refractivity contribution in [2.75, 3.05) is 9.80 Å². The van der Waals surface area contributed by atoms with E-state index < -0.39 is 0 Å². The van der Waals surface area contributed by atoms with Gasteiger partial charge in [-0.1, -0.05) is 155 Å². The number of para-hydroxylation sites is 3. The lowest BCUT2D eigenvalue weighted by atomic mass is 9.70.